The Labute approximate surface area is 125 Å². The van der Waals surface area contributed by atoms with Crippen molar-refractivity contribution in [3.63, 3.8) is 0 Å². The molecule has 2 nitrogen and oxygen atoms in total. The Kier molecular flexibility index (Phi) is 5.06. The number of aryl methyl sites for hydroxylation is 1. The SMILES string of the molecule is Cc1ccc(S(=O)(=S)OCC=Cc2ccccc2)cc1. The van der Waals surface area contributed by atoms with E-state index in [-0.39, 0.29) is 6.61 Å². The lowest BCUT2D eigenvalue weighted by molar-refractivity contribution is 0.393. The largest absolute Gasteiger partial charge is 0.282 e. The van der Waals surface area contributed by atoms with Crippen LogP contribution in [-0.2, 0) is 24.1 Å². The minimum absolute atomic E-state index is 0.227. The molecule has 0 aliphatic heterocycles. The topological polar surface area (TPSA) is 26.3 Å². The molecule has 20 heavy (non-hydrogen) atoms. The van der Waals surface area contributed by atoms with Crippen LogP contribution in [0.15, 0.2) is 65.6 Å². The minimum Gasteiger partial charge on any atom is -0.282 e. The second-order valence-corrected chi connectivity index (χ2v) is 7.30. The summed E-state index contributed by atoms with van der Waals surface area (Å²) < 4.78 is 17.6. The highest BCUT2D eigenvalue weighted by Crippen LogP contribution is 2.14. The molecule has 2 aromatic carbocycles. The maximum absolute atomic E-state index is 12.3. The van der Waals surface area contributed by atoms with Gasteiger partial charge in [-0.25, -0.2) is 4.21 Å². The average molecular weight is 304 g/mol. The molecule has 1 atom stereocenters. The normalized spacial score (nSPS) is 14.2. The van der Waals surface area contributed by atoms with E-state index in [9.17, 15) is 4.21 Å². The van der Waals surface area contributed by atoms with Gasteiger partial charge < -0.3 is 0 Å². The minimum atomic E-state index is -2.85. The first kappa shape index (κ1) is 14.9. The van der Waals surface area contributed by atoms with E-state index in [4.69, 9.17) is 15.4 Å². The third kappa shape index (κ3) is 4.27. The maximum Gasteiger partial charge on any atom is 0.173 e. The van der Waals surface area contributed by atoms with Crippen LogP contribution in [0.3, 0.4) is 0 Å². The van der Waals surface area contributed by atoms with Crippen molar-refractivity contribution in [2.24, 2.45) is 0 Å². The third-order valence-electron chi connectivity index (χ3n) is 2.74. The van der Waals surface area contributed by atoms with Crippen molar-refractivity contribution in [2.45, 2.75) is 11.8 Å². The van der Waals surface area contributed by atoms with Crippen molar-refractivity contribution in [2.75, 3.05) is 6.61 Å². The van der Waals surface area contributed by atoms with Crippen LogP contribution >= 0.6 is 0 Å². The monoisotopic (exact) mass is 304 g/mol. The van der Waals surface area contributed by atoms with Crippen LogP contribution in [0, 0.1) is 6.92 Å². The van der Waals surface area contributed by atoms with E-state index in [1.165, 1.54) is 0 Å². The van der Waals surface area contributed by atoms with Crippen molar-refractivity contribution >= 4 is 26.0 Å². The number of rotatable bonds is 5. The van der Waals surface area contributed by atoms with Crippen LogP contribution in [0.1, 0.15) is 11.1 Å². The van der Waals surface area contributed by atoms with E-state index in [0.29, 0.717) is 4.90 Å². The molecular formula is C16H16O2S2. The molecule has 0 N–H and O–H groups in total. The first-order valence-corrected chi connectivity index (χ1v) is 8.66. The van der Waals surface area contributed by atoms with Gasteiger partial charge in [0.2, 0.25) is 0 Å². The van der Waals surface area contributed by atoms with Crippen molar-refractivity contribution in [3.05, 3.63) is 71.8 Å². The zero-order valence-corrected chi connectivity index (χ0v) is 12.8. The summed E-state index contributed by atoms with van der Waals surface area (Å²) in [5.41, 5.74) is 2.17. The summed E-state index contributed by atoms with van der Waals surface area (Å²) in [6.07, 6.45) is 3.73. The van der Waals surface area contributed by atoms with Gasteiger partial charge in [0.15, 0.2) is 8.77 Å². The first-order valence-electron chi connectivity index (χ1n) is 6.26. The molecule has 0 saturated heterocycles. The predicted molar refractivity (Wildman–Crippen MR) is 86.4 cm³/mol. The van der Waals surface area contributed by atoms with Crippen LogP contribution in [0.5, 0.6) is 0 Å². The molecule has 0 aliphatic rings. The second-order valence-electron chi connectivity index (χ2n) is 4.36. The van der Waals surface area contributed by atoms with Gasteiger partial charge in [0, 0.05) is 11.2 Å². The van der Waals surface area contributed by atoms with E-state index in [0.717, 1.165) is 11.1 Å². The Morgan fingerprint density at radius 3 is 2.40 bits per heavy atom. The third-order valence-corrected chi connectivity index (χ3v) is 4.90. The van der Waals surface area contributed by atoms with E-state index < -0.39 is 8.77 Å². The van der Waals surface area contributed by atoms with E-state index in [1.54, 1.807) is 12.1 Å². The van der Waals surface area contributed by atoms with Gasteiger partial charge in [-0.15, -0.1) is 0 Å². The van der Waals surface area contributed by atoms with E-state index >= 15 is 0 Å². The van der Waals surface area contributed by atoms with Gasteiger partial charge in [-0.05, 0) is 24.6 Å². The lowest BCUT2D eigenvalue weighted by atomic mass is 10.2. The summed E-state index contributed by atoms with van der Waals surface area (Å²) in [4.78, 5) is 0.547. The Morgan fingerprint density at radius 1 is 1.10 bits per heavy atom. The van der Waals surface area contributed by atoms with Crippen LogP contribution in [0.25, 0.3) is 6.08 Å². The zero-order chi connectivity index (χ0) is 14.4. The van der Waals surface area contributed by atoms with Crippen LogP contribution in [-0.4, -0.2) is 10.8 Å². The fourth-order valence-corrected chi connectivity index (χ4v) is 3.01. The summed E-state index contributed by atoms with van der Waals surface area (Å²) in [5, 5.41) is 0. The Hall–Kier alpha value is -1.49. The molecule has 0 aromatic heterocycles. The van der Waals surface area contributed by atoms with Crippen molar-refractivity contribution in [3.8, 4) is 0 Å². The highest BCUT2D eigenvalue weighted by Gasteiger charge is 2.09. The summed E-state index contributed by atoms with van der Waals surface area (Å²) in [7, 11) is -2.85. The van der Waals surface area contributed by atoms with Gasteiger partial charge >= 0.3 is 0 Å². The van der Waals surface area contributed by atoms with Crippen LogP contribution < -0.4 is 0 Å². The molecule has 4 heteroatoms. The molecule has 0 radical (unpaired) electrons. The molecule has 0 amide bonds. The molecule has 0 aliphatic carbocycles. The van der Waals surface area contributed by atoms with Crippen LogP contribution in [0.4, 0.5) is 0 Å². The number of benzene rings is 2. The second kappa shape index (κ2) is 6.79. The molecule has 104 valence electrons. The van der Waals surface area contributed by atoms with Crippen molar-refractivity contribution in [1.82, 2.24) is 0 Å². The van der Waals surface area contributed by atoms with Crippen LogP contribution in [0.2, 0.25) is 0 Å². The van der Waals surface area contributed by atoms with E-state index in [1.807, 2.05) is 61.5 Å². The fourth-order valence-electron chi connectivity index (χ4n) is 1.65. The van der Waals surface area contributed by atoms with Crippen molar-refractivity contribution < 1.29 is 8.39 Å². The summed E-state index contributed by atoms with van der Waals surface area (Å²) >= 11 is 5.05. The average Bonchev–Trinajstić information content (AvgIpc) is 2.45. The molecule has 2 rings (SSSR count). The van der Waals surface area contributed by atoms with Gasteiger partial charge in [0.25, 0.3) is 0 Å². The molecule has 0 bridgehead atoms. The lowest BCUT2D eigenvalue weighted by Crippen LogP contribution is -2.04. The Balaban J connectivity index is 1.96. The maximum atomic E-state index is 12.3. The van der Waals surface area contributed by atoms with Gasteiger partial charge in [0.05, 0.1) is 11.5 Å². The molecule has 0 heterocycles. The van der Waals surface area contributed by atoms with Gasteiger partial charge in [-0.2, -0.15) is 0 Å². The highest BCUT2D eigenvalue weighted by molar-refractivity contribution is 8.30. The summed E-state index contributed by atoms with van der Waals surface area (Å²) in [5.74, 6) is 0. The number of hydrogen-bond acceptors (Lipinski definition) is 3. The predicted octanol–water partition coefficient (Wildman–Crippen LogP) is 3.75. The Morgan fingerprint density at radius 2 is 1.75 bits per heavy atom. The molecule has 0 spiro atoms. The zero-order valence-electron chi connectivity index (χ0n) is 11.2. The summed E-state index contributed by atoms with van der Waals surface area (Å²) in [6.45, 7) is 2.20. The highest BCUT2D eigenvalue weighted by atomic mass is 32.8. The lowest BCUT2D eigenvalue weighted by Gasteiger charge is -2.06. The Bertz CT molecular complexity index is 672. The van der Waals surface area contributed by atoms with Gasteiger partial charge in [-0.3, -0.25) is 4.18 Å². The van der Waals surface area contributed by atoms with Crippen molar-refractivity contribution in [1.29, 1.82) is 0 Å². The molecule has 0 saturated carbocycles. The van der Waals surface area contributed by atoms with Gasteiger partial charge in [0.1, 0.15) is 0 Å². The molecular weight excluding hydrogens is 288 g/mol. The first-order chi connectivity index (χ1) is 9.58. The quantitative estimate of drug-likeness (QED) is 0.841. The smallest absolute Gasteiger partial charge is 0.173 e. The van der Waals surface area contributed by atoms with Gasteiger partial charge in [-0.1, -0.05) is 60.2 Å². The standard InChI is InChI=1S/C16H16O2S2/c1-14-9-11-16(12-10-14)20(17,19)18-13-5-8-15-6-3-2-4-7-15/h2-12H,13H2,1H3. The summed E-state index contributed by atoms with van der Waals surface area (Å²) in [6, 6.07) is 17.1. The van der Waals surface area contributed by atoms with E-state index in [2.05, 4.69) is 0 Å². The number of hydrogen-bond donors (Lipinski definition) is 0. The molecule has 1 unspecified atom stereocenters. The fraction of sp³-hybridized carbons (Fsp3) is 0.125. The molecule has 0 fully saturated rings. The molecule has 2 aromatic rings.